The van der Waals surface area contributed by atoms with Crippen molar-refractivity contribution in [2.24, 2.45) is 11.8 Å². The van der Waals surface area contributed by atoms with Crippen LogP contribution in [0.4, 0.5) is 32.1 Å². The van der Waals surface area contributed by atoms with Crippen molar-refractivity contribution >= 4 is 70.8 Å². The third-order valence-electron chi connectivity index (χ3n) is 10.3. The molecule has 2 saturated heterocycles. The van der Waals surface area contributed by atoms with Gasteiger partial charge in [-0.1, -0.05) is 35.3 Å². The molecule has 0 atom stereocenters. The summed E-state index contributed by atoms with van der Waals surface area (Å²) in [6, 6.07) is 13.1. The van der Waals surface area contributed by atoms with Gasteiger partial charge in [-0.2, -0.15) is 20.7 Å². The Hall–Kier alpha value is -6.77. The zero-order chi connectivity index (χ0) is 44.2. The number of amides is 1. The van der Waals surface area contributed by atoms with Crippen molar-refractivity contribution in [3.8, 4) is 34.7 Å². The van der Waals surface area contributed by atoms with Crippen LogP contribution in [-0.2, 0) is 0 Å². The van der Waals surface area contributed by atoms with E-state index >= 15 is 0 Å². The molecule has 4 fully saturated rings. The van der Waals surface area contributed by atoms with Crippen LogP contribution in [0.3, 0.4) is 0 Å². The number of nitrogens with zero attached hydrogens (tertiary/aromatic N) is 11. The number of anilines is 4. The van der Waals surface area contributed by atoms with Crippen LogP contribution in [-0.4, -0.2) is 87.6 Å². The van der Waals surface area contributed by atoms with Crippen LogP contribution in [0, 0.1) is 46.1 Å². The molecule has 0 radical (unpaired) electrons. The SMILES string of the molecule is Cl.N#CC1CN(C(=O)c2ccc(-c3nc(Nc4cnn(C5CC5)c4)ncc3Cl)cc2F)C1.N#CC1CNC1.O=C(O)c1ccc(-c2nc(Nc3cnn(C4CC4)c3)ncc2Cl)cc1F. The number of carbonyl (C=O) groups is 2. The first-order chi connectivity index (χ1) is 30.5. The lowest BCUT2D eigenvalue weighted by Crippen LogP contribution is -2.49. The second kappa shape index (κ2) is 19.7. The Labute approximate surface area is 380 Å². The number of carboxylic acid groups (broad SMARTS) is 1. The van der Waals surface area contributed by atoms with E-state index in [1.807, 2.05) is 21.8 Å². The maximum Gasteiger partial charge on any atom is 0.338 e. The molecule has 22 heteroatoms. The van der Waals surface area contributed by atoms with Crippen molar-refractivity contribution in [1.29, 1.82) is 10.5 Å². The molecule has 17 nitrogen and oxygen atoms in total. The number of halogens is 5. The van der Waals surface area contributed by atoms with E-state index in [4.69, 9.17) is 38.8 Å². The number of likely N-dealkylation sites (tertiary alicyclic amines) is 1. The predicted octanol–water partition coefficient (Wildman–Crippen LogP) is 7.87. The van der Waals surface area contributed by atoms with Gasteiger partial charge in [-0.3, -0.25) is 14.2 Å². The smallest absolute Gasteiger partial charge is 0.338 e. The molecule has 0 spiro atoms. The van der Waals surface area contributed by atoms with Gasteiger partial charge in [0.2, 0.25) is 11.9 Å². The van der Waals surface area contributed by atoms with Crippen LogP contribution in [0.15, 0.2) is 73.6 Å². The van der Waals surface area contributed by atoms with Crippen LogP contribution in [0.1, 0.15) is 58.5 Å². The van der Waals surface area contributed by atoms with Gasteiger partial charge < -0.3 is 26.0 Å². The average molecular weight is 930 g/mol. The van der Waals surface area contributed by atoms with Crippen molar-refractivity contribution in [3.05, 3.63) is 106 Å². The quantitative estimate of drug-likeness (QED) is 0.103. The number of rotatable bonds is 10. The minimum Gasteiger partial charge on any atom is -0.478 e. The molecular formula is C42H37Cl3F2N14O3. The highest BCUT2D eigenvalue weighted by atomic mass is 35.5. The van der Waals surface area contributed by atoms with E-state index in [1.54, 1.807) is 18.5 Å². The van der Waals surface area contributed by atoms with E-state index in [2.05, 4.69) is 58.2 Å². The Morgan fingerprint density at radius 2 is 1.20 bits per heavy atom. The topological polar surface area (TPSA) is 228 Å². The number of nitriles is 2. The molecule has 64 heavy (non-hydrogen) atoms. The molecule has 2 aliphatic heterocycles. The van der Waals surface area contributed by atoms with Gasteiger partial charge in [0.15, 0.2) is 0 Å². The third kappa shape index (κ3) is 10.7. The van der Waals surface area contributed by atoms with Crippen LogP contribution in [0.5, 0.6) is 0 Å². The summed E-state index contributed by atoms with van der Waals surface area (Å²) in [5.41, 5.74) is 2.46. The zero-order valence-corrected chi connectivity index (χ0v) is 35.8. The van der Waals surface area contributed by atoms with Gasteiger partial charge in [-0.05, 0) is 49.9 Å². The maximum absolute atomic E-state index is 14.7. The summed E-state index contributed by atoms with van der Waals surface area (Å²) >= 11 is 12.4. The summed E-state index contributed by atoms with van der Waals surface area (Å²) in [6.07, 6.45) is 14.5. The van der Waals surface area contributed by atoms with E-state index in [0.29, 0.717) is 59.6 Å². The van der Waals surface area contributed by atoms with Crippen LogP contribution >= 0.6 is 35.6 Å². The molecule has 2 aromatic carbocycles. The summed E-state index contributed by atoms with van der Waals surface area (Å²) in [5, 5.41) is 44.1. The molecule has 6 aromatic rings. The highest BCUT2D eigenvalue weighted by molar-refractivity contribution is 6.33. The molecule has 4 aliphatic rings. The van der Waals surface area contributed by atoms with E-state index in [9.17, 15) is 18.4 Å². The van der Waals surface area contributed by atoms with Crippen LogP contribution < -0.4 is 16.0 Å². The first-order valence-electron chi connectivity index (χ1n) is 19.8. The Morgan fingerprint density at radius 3 is 1.58 bits per heavy atom. The van der Waals surface area contributed by atoms with Gasteiger partial charge >= 0.3 is 5.97 Å². The van der Waals surface area contributed by atoms with E-state index in [1.165, 1.54) is 41.6 Å². The van der Waals surface area contributed by atoms with Crippen molar-refractivity contribution in [3.63, 3.8) is 0 Å². The first kappa shape index (κ1) is 45.3. The molecule has 10 rings (SSSR count). The highest BCUT2D eigenvalue weighted by Crippen LogP contribution is 2.36. The lowest BCUT2D eigenvalue weighted by Gasteiger charge is -2.35. The third-order valence-corrected chi connectivity index (χ3v) is 10.9. The van der Waals surface area contributed by atoms with E-state index in [0.717, 1.165) is 56.2 Å². The number of hydrogen-bond acceptors (Lipinski definition) is 13. The standard InChI is InChI=1S/C21H17ClFN7O.C17H13ClFN5O2.C4H6N2.ClH/c22-17-8-25-21(27-14-7-26-30(11-14)15-2-3-15)28-19(17)13-1-4-16(18(23)5-13)20(31)29-9-12(6-24)10-29;18-13-7-20-17(22-10-6-21-24(8-10)11-2-3-11)23-15(13)9-1-4-12(16(25)26)14(19)5-9;5-1-4-2-6-3-4;/h1,4-5,7-8,11-12,15H,2-3,9-10H2,(H,25,27,28);1,4-8,11H,2-3H2,(H,25,26)(H,20,22,23);4,6H,2-3H2;1H. The largest absolute Gasteiger partial charge is 0.478 e. The van der Waals surface area contributed by atoms with E-state index < -0.39 is 29.1 Å². The Kier molecular flexibility index (Phi) is 14.0. The Balaban J connectivity index is 0.000000169. The molecule has 328 valence electrons. The molecule has 0 bridgehead atoms. The van der Waals surface area contributed by atoms with Gasteiger partial charge in [0.25, 0.3) is 5.91 Å². The zero-order valence-electron chi connectivity index (χ0n) is 33.5. The molecule has 6 heterocycles. The fraction of sp³-hybridized carbons (Fsp3) is 0.286. The van der Waals surface area contributed by atoms with Crippen molar-refractivity contribution in [2.75, 3.05) is 36.8 Å². The predicted molar refractivity (Wildman–Crippen MR) is 234 cm³/mol. The minimum atomic E-state index is -1.34. The monoisotopic (exact) mass is 928 g/mol. The minimum absolute atomic E-state index is 0. The molecule has 2 saturated carbocycles. The van der Waals surface area contributed by atoms with Crippen molar-refractivity contribution in [2.45, 2.75) is 37.8 Å². The lowest BCUT2D eigenvalue weighted by atomic mass is 10.00. The number of benzene rings is 2. The van der Waals surface area contributed by atoms with Crippen molar-refractivity contribution < 1.29 is 23.5 Å². The fourth-order valence-electron chi connectivity index (χ4n) is 6.35. The lowest BCUT2D eigenvalue weighted by molar-refractivity contribution is 0.0572. The summed E-state index contributed by atoms with van der Waals surface area (Å²) in [5.74, 6) is -2.58. The summed E-state index contributed by atoms with van der Waals surface area (Å²) in [7, 11) is 0. The summed E-state index contributed by atoms with van der Waals surface area (Å²) in [4.78, 5) is 41.9. The van der Waals surface area contributed by atoms with Gasteiger partial charge in [0, 0.05) is 49.7 Å². The number of carbonyl (C=O) groups excluding carboxylic acids is 1. The molecular weight excluding hydrogens is 893 g/mol. The van der Waals surface area contributed by atoms with E-state index in [-0.39, 0.29) is 39.9 Å². The number of aromatic carboxylic acids is 1. The number of carboxylic acids is 1. The molecule has 4 aromatic heterocycles. The van der Waals surface area contributed by atoms with Gasteiger partial charge in [-0.15, -0.1) is 12.4 Å². The van der Waals surface area contributed by atoms with Gasteiger partial charge in [-0.25, -0.2) is 33.5 Å². The molecule has 0 unspecified atom stereocenters. The number of nitrogens with one attached hydrogen (secondary N) is 3. The average Bonchev–Trinajstić information content (AvgIpc) is 4.17. The van der Waals surface area contributed by atoms with Gasteiger partial charge in [0.1, 0.15) is 11.6 Å². The number of aromatic nitrogens is 8. The molecule has 4 N–H and O–H groups in total. The van der Waals surface area contributed by atoms with Crippen molar-refractivity contribution in [1.82, 2.24) is 49.7 Å². The second-order valence-corrected chi connectivity index (χ2v) is 15.9. The summed E-state index contributed by atoms with van der Waals surface area (Å²) < 4.78 is 32.5. The molecule has 1 amide bonds. The summed E-state index contributed by atoms with van der Waals surface area (Å²) in [6.45, 7) is 2.44. The normalized spacial score (nSPS) is 15.3. The second-order valence-electron chi connectivity index (χ2n) is 15.1. The fourth-order valence-corrected chi connectivity index (χ4v) is 6.75. The van der Waals surface area contributed by atoms with Crippen LogP contribution in [0.25, 0.3) is 22.5 Å². The van der Waals surface area contributed by atoms with Gasteiger partial charge in [0.05, 0.1) is 105 Å². The number of hydrogen-bond donors (Lipinski definition) is 4. The van der Waals surface area contributed by atoms with Crippen LogP contribution in [0.2, 0.25) is 10.0 Å². The first-order valence-corrected chi connectivity index (χ1v) is 20.5. The molecule has 2 aliphatic carbocycles. The Morgan fingerprint density at radius 1 is 0.734 bits per heavy atom. The highest BCUT2D eigenvalue weighted by Gasteiger charge is 2.32. The Bertz CT molecular complexity index is 2780. The maximum atomic E-state index is 14.7.